The van der Waals surface area contributed by atoms with Gasteiger partial charge in [0.05, 0.1) is 0 Å². The molecule has 0 heterocycles. The van der Waals surface area contributed by atoms with Gasteiger partial charge in [0, 0.05) is 6.04 Å². The molecule has 0 fully saturated rings. The molecule has 74 valence electrons. The molecule has 3 heteroatoms. The Labute approximate surface area is 85.2 Å². The van der Waals surface area contributed by atoms with Crippen LogP contribution < -0.4 is 5.73 Å². The van der Waals surface area contributed by atoms with Gasteiger partial charge in [0.15, 0.2) is 0 Å². The molecule has 0 radical (unpaired) electrons. The van der Waals surface area contributed by atoms with Crippen LogP contribution in [0.25, 0.3) is 0 Å². The predicted octanol–water partition coefficient (Wildman–Crippen LogP) is 2.09. The van der Waals surface area contributed by atoms with Crippen molar-refractivity contribution < 1.29 is 5.11 Å². The molecule has 0 amide bonds. The van der Waals surface area contributed by atoms with E-state index in [2.05, 4.69) is 0 Å². The van der Waals surface area contributed by atoms with Crippen molar-refractivity contribution in [1.82, 2.24) is 0 Å². The van der Waals surface area contributed by atoms with Gasteiger partial charge in [-0.05, 0) is 24.5 Å². The summed E-state index contributed by atoms with van der Waals surface area (Å²) in [5, 5.41) is 9.40. The average molecular weight is 202 g/mol. The zero-order chi connectivity index (χ0) is 8.97. The van der Waals surface area contributed by atoms with Crippen LogP contribution in [0.3, 0.4) is 0 Å². The van der Waals surface area contributed by atoms with Crippen molar-refractivity contribution in [2.75, 3.05) is 0 Å². The summed E-state index contributed by atoms with van der Waals surface area (Å²) >= 11 is 0. The molecule has 2 nitrogen and oxygen atoms in total. The van der Waals surface area contributed by atoms with E-state index in [0.29, 0.717) is 5.75 Å². The molecule has 0 aliphatic carbocycles. The molecule has 0 aliphatic rings. The van der Waals surface area contributed by atoms with Crippen molar-refractivity contribution in [3.8, 4) is 5.75 Å². The van der Waals surface area contributed by atoms with Gasteiger partial charge in [0.2, 0.25) is 0 Å². The summed E-state index contributed by atoms with van der Waals surface area (Å²) in [4.78, 5) is 0. The third kappa shape index (κ3) is 3.66. The van der Waals surface area contributed by atoms with Gasteiger partial charge in [0.1, 0.15) is 5.75 Å². The molecule has 3 N–H and O–H groups in total. The molecule has 1 rings (SSSR count). The fourth-order valence-electron chi connectivity index (χ4n) is 1.11. The third-order valence-electron chi connectivity index (χ3n) is 2.00. The highest BCUT2D eigenvalue weighted by Crippen LogP contribution is 2.17. The maximum atomic E-state index is 9.40. The van der Waals surface area contributed by atoms with Crippen LogP contribution in [0.2, 0.25) is 0 Å². The third-order valence-corrected chi connectivity index (χ3v) is 2.00. The molecular formula is C10H16ClNO. The van der Waals surface area contributed by atoms with Gasteiger partial charge in [-0.2, -0.15) is 0 Å². The Morgan fingerprint density at radius 1 is 1.38 bits per heavy atom. The van der Waals surface area contributed by atoms with Gasteiger partial charge >= 0.3 is 0 Å². The molecule has 0 bridgehead atoms. The number of benzene rings is 1. The molecule has 0 aliphatic heterocycles. The minimum Gasteiger partial charge on any atom is -0.508 e. The molecule has 1 unspecified atom stereocenters. The molecular weight excluding hydrogens is 186 g/mol. The summed E-state index contributed by atoms with van der Waals surface area (Å²) in [5.74, 6) is 0.349. The number of phenols is 1. The zero-order valence-electron chi connectivity index (χ0n) is 7.73. The lowest BCUT2D eigenvalue weighted by Crippen LogP contribution is -2.21. The highest BCUT2D eigenvalue weighted by atomic mass is 35.5. The summed E-state index contributed by atoms with van der Waals surface area (Å²) in [7, 11) is 0. The maximum absolute atomic E-state index is 9.40. The lowest BCUT2D eigenvalue weighted by Gasteiger charge is -2.09. The van der Waals surface area contributed by atoms with Crippen molar-refractivity contribution in [2.45, 2.75) is 25.8 Å². The van der Waals surface area contributed by atoms with Crippen LogP contribution in [0.1, 0.15) is 18.9 Å². The standard InChI is InChI=1S/C10H15NO.ClH/c1-2-9(11)7-8-5-3-4-6-10(8)12;/h3-6,9,12H,2,7,11H2,1H3;1H. The Morgan fingerprint density at radius 3 is 2.54 bits per heavy atom. The number of rotatable bonds is 3. The Balaban J connectivity index is 0.00000144. The molecule has 1 atom stereocenters. The van der Waals surface area contributed by atoms with Crippen molar-refractivity contribution in [1.29, 1.82) is 0 Å². The molecule has 1 aromatic rings. The van der Waals surface area contributed by atoms with Gasteiger partial charge in [-0.3, -0.25) is 0 Å². The largest absolute Gasteiger partial charge is 0.508 e. The van der Waals surface area contributed by atoms with Crippen LogP contribution >= 0.6 is 12.4 Å². The Kier molecular flexibility index (Phi) is 5.51. The van der Waals surface area contributed by atoms with E-state index in [-0.39, 0.29) is 18.4 Å². The summed E-state index contributed by atoms with van der Waals surface area (Å²) < 4.78 is 0. The van der Waals surface area contributed by atoms with E-state index in [4.69, 9.17) is 5.73 Å². The first-order chi connectivity index (χ1) is 5.74. The Bertz CT molecular complexity index is 252. The van der Waals surface area contributed by atoms with Gasteiger partial charge in [-0.1, -0.05) is 25.1 Å². The van der Waals surface area contributed by atoms with Crippen molar-refractivity contribution in [2.24, 2.45) is 5.73 Å². The first-order valence-corrected chi connectivity index (χ1v) is 4.26. The summed E-state index contributed by atoms with van der Waals surface area (Å²) in [5.41, 5.74) is 6.70. The second-order valence-corrected chi connectivity index (χ2v) is 3.00. The van der Waals surface area contributed by atoms with E-state index in [1.807, 2.05) is 25.1 Å². The highest BCUT2D eigenvalue weighted by molar-refractivity contribution is 5.85. The highest BCUT2D eigenvalue weighted by Gasteiger charge is 2.04. The van der Waals surface area contributed by atoms with Gasteiger partial charge in [-0.15, -0.1) is 12.4 Å². The normalized spacial score (nSPS) is 11.8. The molecule has 0 saturated carbocycles. The lowest BCUT2D eigenvalue weighted by atomic mass is 10.0. The predicted molar refractivity (Wildman–Crippen MR) is 57.3 cm³/mol. The molecule has 13 heavy (non-hydrogen) atoms. The lowest BCUT2D eigenvalue weighted by molar-refractivity contribution is 0.464. The van der Waals surface area contributed by atoms with Crippen molar-refractivity contribution in [3.63, 3.8) is 0 Å². The van der Waals surface area contributed by atoms with E-state index in [9.17, 15) is 5.11 Å². The van der Waals surface area contributed by atoms with Gasteiger partial charge < -0.3 is 10.8 Å². The SMILES string of the molecule is CCC(N)Cc1ccccc1O.Cl. The van der Waals surface area contributed by atoms with Crippen LogP contribution in [0.15, 0.2) is 24.3 Å². The van der Waals surface area contributed by atoms with E-state index >= 15 is 0 Å². The van der Waals surface area contributed by atoms with Crippen LogP contribution in [0.4, 0.5) is 0 Å². The topological polar surface area (TPSA) is 46.2 Å². The van der Waals surface area contributed by atoms with E-state index in [1.54, 1.807) is 6.07 Å². The minimum absolute atomic E-state index is 0. The summed E-state index contributed by atoms with van der Waals surface area (Å²) in [6.07, 6.45) is 1.69. The molecule has 0 spiro atoms. The number of hydrogen-bond acceptors (Lipinski definition) is 2. The number of para-hydroxylation sites is 1. The Hall–Kier alpha value is -0.730. The quantitative estimate of drug-likeness (QED) is 0.787. The molecule has 0 aromatic heterocycles. The second kappa shape index (κ2) is 5.84. The molecule has 0 saturated heterocycles. The van der Waals surface area contributed by atoms with Crippen molar-refractivity contribution in [3.05, 3.63) is 29.8 Å². The van der Waals surface area contributed by atoms with Crippen LogP contribution in [-0.4, -0.2) is 11.1 Å². The molecule has 1 aromatic carbocycles. The average Bonchev–Trinajstić information content (AvgIpc) is 2.09. The minimum atomic E-state index is 0. The van der Waals surface area contributed by atoms with Crippen LogP contribution in [0, 0.1) is 0 Å². The zero-order valence-corrected chi connectivity index (χ0v) is 8.55. The first-order valence-electron chi connectivity index (χ1n) is 4.26. The fourth-order valence-corrected chi connectivity index (χ4v) is 1.11. The maximum Gasteiger partial charge on any atom is 0.118 e. The summed E-state index contributed by atoms with van der Waals surface area (Å²) in [6.45, 7) is 2.05. The van der Waals surface area contributed by atoms with E-state index in [1.165, 1.54) is 0 Å². The van der Waals surface area contributed by atoms with Crippen LogP contribution in [0.5, 0.6) is 5.75 Å². The number of halogens is 1. The van der Waals surface area contributed by atoms with Crippen LogP contribution in [-0.2, 0) is 6.42 Å². The number of aromatic hydroxyl groups is 1. The second-order valence-electron chi connectivity index (χ2n) is 3.00. The first kappa shape index (κ1) is 12.3. The van der Waals surface area contributed by atoms with E-state index in [0.717, 1.165) is 18.4 Å². The summed E-state index contributed by atoms with van der Waals surface area (Å²) in [6, 6.07) is 7.48. The van der Waals surface area contributed by atoms with Gasteiger partial charge in [0.25, 0.3) is 0 Å². The number of phenolic OH excluding ortho intramolecular Hbond substituents is 1. The fraction of sp³-hybridized carbons (Fsp3) is 0.400. The Morgan fingerprint density at radius 2 is 2.00 bits per heavy atom. The smallest absolute Gasteiger partial charge is 0.118 e. The van der Waals surface area contributed by atoms with E-state index < -0.39 is 0 Å². The monoisotopic (exact) mass is 201 g/mol. The number of hydrogen-bond donors (Lipinski definition) is 2. The van der Waals surface area contributed by atoms with Crippen molar-refractivity contribution >= 4 is 12.4 Å². The van der Waals surface area contributed by atoms with Gasteiger partial charge in [-0.25, -0.2) is 0 Å². The number of nitrogens with two attached hydrogens (primary N) is 1.